The summed E-state index contributed by atoms with van der Waals surface area (Å²) in [7, 11) is 0. The number of nitrogens with one attached hydrogen (secondary N) is 5. The van der Waals surface area contributed by atoms with Gasteiger partial charge >= 0.3 is 0 Å². The van der Waals surface area contributed by atoms with E-state index in [9.17, 15) is 19.2 Å². The Morgan fingerprint density at radius 1 is 1.12 bits per heavy atom. The number of benzene rings is 1. The monoisotopic (exact) mass is 451 g/mol. The van der Waals surface area contributed by atoms with Crippen molar-refractivity contribution in [3.05, 3.63) is 54.2 Å². The molecule has 2 aromatic heterocycles. The number of amides is 4. The summed E-state index contributed by atoms with van der Waals surface area (Å²) >= 11 is 0. The summed E-state index contributed by atoms with van der Waals surface area (Å²) in [5, 5.41) is 8.86. The average molecular weight is 451 g/mol. The molecule has 33 heavy (non-hydrogen) atoms. The van der Waals surface area contributed by atoms with Gasteiger partial charge in [0.15, 0.2) is 0 Å². The molecule has 11 nitrogen and oxygen atoms in total. The summed E-state index contributed by atoms with van der Waals surface area (Å²) in [6.45, 7) is 0. The molecular weight excluding hydrogens is 426 g/mol. The number of primary amides is 1. The van der Waals surface area contributed by atoms with Crippen LogP contribution in [0.15, 0.2) is 43.0 Å². The van der Waals surface area contributed by atoms with Crippen molar-refractivity contribution < 1.29 is 19.2 Å². The molecule has 3 aromatic rings. The van der Waals surface area contributed by atoms with Crippen LogP contribution in [0.3, 0.4) is 0 Å². The number of rotatable bonds is 9. The van der Waals surface area contributed by atoms with Crippen LogP contribution in [-0.4, -0.2) is 56.7 Å². The summed E-state index contributed by atoms with van der Waals surface area (Å²) in [6, 6.07) is 4.92. The fraction of sp³-hybridized carbons (Fsp3) is 0.318. The van der Waals surface area contributed by atoms with Gasteiger partial charge in [0.05, 0.1) is 6.33 Å². The number of aromatic amines is 2. The van der Waals surface area contributed by atoms with E-state index in [-0.39, 0.29) is 25.2 Å². The number of imidazole rings is 1. The number of H-pyrrole nitrogens is 2. The van der Waals surface area contributed by atoms with E-state index < -0.39 is 35.8 Å². The molecule has 3 heterocycles. The van der Waals surface area contributed by atoms with E-state index in [4.69, 9.17) is 5.73 Å². The molecule has 4 amide bonds. The summed E-state index contributed by atoms with van der Waals surface area (Å²) in [6.07, 6.45) is 5.70. The summed E-state index contributed by atoms with van der Waals surface area (Å²) in [5.41, 5.74) is 7.94. The van der Waals surface area contributed by atoms with Crippen LogP contribution < -0.4 is 21.7 Å². The molecule has 0 aliphatic carbocycles. The molecule has 172 valence electrons. The zero-order valence-electron chi connectivity index (χ0n) is 17.8. The van der Waals surface area contributed by atoms with Crippen molar-refractivity contribution in [1.82, 2.24) is 30.9 Å². The first-order valence-corrected chi connectivity index (χ1v) is 10.6. The SMILES string of the molecule is NC(=O)C(Cc1c[nH]c2ccccc12)NC(=O)C(Cc1cnc[nH]1)NC(=O)C1CCC(=O)N1. The third-order valence-corrected chi connectivity index (χ3v) is 5.68. The van der Waals surface area contributed by atoms with Crippen molar-refractivity contribution in [2.24, 2.45) is 5.73 Å². The van der Waals surface area contributed by atoms with Crippen LogP contribution >= 0.6 is 0 Å². The molecule has 1 aliphatic rings. The Morgan fingerprint density at radius 2 is 1.94 bits per heavy atom. The van der Waals surface area contributed by atoms with Gasteiger partial charge in [0.25, 0.3) is 0 Å². The van der Waals surface area contributed by atoms with Gasteiger partial charge < -0.3 is 31.7 Å². The second kappa shape index (κ2) is 9.55. The van der Waals surface area contributed by atoms with E-state index in [0.717, 1.165) is 16.5 Å². The van der Waals surface area contributed by atoms with E-state index in [1.165, 1.54) is 6.33 Å². The molecule has 0 radical (unpaired) electrons. The minimum atomic E-state index is -1.000. The van der Waals surface area contributed by atoms with Gasteiger partial charge in [0.1, 0.15) is 18.1 Å². The van der Waals surface area contributed by atoms with E-state index in [1.807, 2.05) is 24.3 Å². The van der Waals surface area contributed by atoms with Gasteiger partial charge in [0, 0.05) is 48.3 Å². The van der Waals surface area contributed by atoms with Crippen LogP contribution in [-0.2, 0) is 32.0 Å². The minimum Gasteiger partial charge on any atom is -0.368 e. The Balaban J connectivity index is 1.49. The van der Waals surface area contributed by atoms with Crippen LogP contribution in [0.1, 0.15) is 24.1 Å². The van der Waals surface area contributed by atoms with Crippen LogP contribution in [0.5, 0.6) is 0 Å². The number of carbonyl (C=O) groups is 4. The van der Waals surface area contributed by atoms with Crippen molar-refractivity contribution in [3.63, 3.8) is 0 Å². The second-order valence-corrected chi connectivity index (χ2v) is 8.03. The predicted octanol–water partition coefficient (Wildman–Crippen LogP) is -0.590. The van der Waals surface area contributed by atoms with E-state index in [1.54, 1.807) is 12.4 Å². The third kappa shape index (κ3) is 5.20. The van der Waals surface area contributed by atoms with Gasteiger partial charge in [-0.1, -0.05) is 18.2 Å². The van der Waals surface area contributed by atoms with Crippen molar-refractivity contribution in [3.8, 4) is 0 Å². The lowest BCUT2D eigenvalue weighted by atomic mass is 10.0. The lowest BCUT2D eigenvalue weighted by molar-refractivity contribution is -0.132. The van der Waals surface area contributed by atoms with Crippen molar-refractivity contribution >= 4 is 34.5 Å². The van der Waals surface area contributed by atoms with Crippen molar-refractivity contribution in [2.45, 2.75) is 43.8 Å². The summed E-state index contributed by atoms with van der Waals surface area (Å²) < 4.78 is 0. The molecule has 4 rings (SSSR count). The third-order valence-electron chi connectivity index (χ3n) is 5.68. The second-order valence-electron chi connectivity index (χ2n) is 8.03. The first-order valence-electron chi connectivity index (χ1n) is 10.6. The highest BCUT2D eigenvalue weighted by Crippen LogP contribution is 2.19. The van der Waals surface area contributed by atoms with E-state index in [0.29, 0.717) is 12.1 Å². The molecule has 1 saturated heterocycles. The molecule has 3 atom stereocenters. The minimum absolute atomic E-state index is 0.122. The molecule has 1 aliphatic heterocycles. The number of carbonyl (C=O) groups excluding carboxylic acids is 4. The molecular formula is C22H25N7O4. The Morgan fingerprint density at radius 3 is 2.64 bits per heavy atom. The maximum Gasteiger partial charge on any atom is 0.243 e. The maximum atomic E-state index is 13.1. The predicted molar refractivity (Wildman–Crippen MR) is 119 cm³/mol. The van der Waals surface area contributed by atoms with Crippen LogP contribution in [0.4, 0.5) is 0 Å². The van der Waals surface area contributed by atoms with Crippen molar-refractivity contribution in [2.75, 3.05) is 0 Å². The van der Waals surface area contributed by atoms with Crippen LogP contribution in [0.25, 0.3) is 10.9 Å². The highest BCUT2D eigenvalue weighted by molar-refractivity contribution is 5.95. The first-order chi connectivity index (χ1) is 15.9. The smallest absolute Gasteiger partial charge is 0.243 e. The van der Waals surface area contributed by atoms with Gasteiger partial charge in [-0.05, 0) is 18.1 Å². The molecule has 1 fully saturated rings. The number of nitrogens with two attached hydrogens (primary N) is 1. The fourth-order valence-corrected chi connectivity index (χ4v) is 3.92. The highest BCUT2D eigenvalue weighted by Gasteiger charge is 2.32. The first kappa shape index (κ1) is 22.1. The highest BCUT2D eigenvalue weighted by atomic mass is 16.2. The Bertz CT molecular complexity index is 1170. The zero-order valence-corrected chi connectivity index (χ0v) is 17.8. The van der Waals surface area contributed by atoms with Gasteiger partial charge in [-0.3, -0.25) is 19.2 Å². The standard InChI is InChI=1S/C22H25N7O4/c23-20(31)17(7-12-9-25-15-4-2-1-3-14(12)15)28-22(33)18(8-13-10-24-11-26-13)29-21(32)16-5-6-19(30)27-16/h1-4,9-11,16-18,25H,5-8H2,(H2,23,31)(H,24,26)(H,27,30)(H,28,33)(H,29,32). The van der Waals surface area contributed by atoms with Gasteiger partial charge in [-0.25, -0.2) is 4.98 Å². The van der Waals surface area contributed by atoms with Crippen molar-refractivity contribution in [1.29, 1.82) is 0 Å². The van der Waals surface area contributed by atoms with Crippen LogP contribution in [0, 0.1) is 0 Å². The Labute approximate surface area is 188 Å². The van der Waals surface area contributed by atoms with E-state index >= 15 is 0 Å². The largest absolute Gasteiger partial charge is 0.368 e. The molecule has 11 heteroatoms. The number of hydrogen-bond acceptors (Lipinski definition) is 5. The normalized spacial score (nSPS) is 17.3. The molecule has 0 bridgehead atoms. The van der Waals surface area contributed by atoms with Gasteiger partial charge in [-0.15, -0.1) is 0 Å². The molecule has 3 unspecified atom stereocenters. The average Bonchev–Trinajstić information content (AvgIpc) is 3.54. The fourth-order valence-electron chi connectivity index (χ4n) is 3.92. The number of nitrogens with zero attached hydrogens (tertiary/aromatic N) is 1. The van der Waals surface area contributed by atoms with E-state index in [2.05, 4.69) is 30.9 Å². The lowest BCUT2D eigenvalue weighted by Crippen LogP contribution is -2.56. The maximum absolute atomic E-state index is 13.1. The number of aromatic nitrogens is 3. The number of para-hydroxylation sites is 1. The quantitative estimate of drug-likeness (QED) is 0.254. The zero-order chi connectivity index (χ0) is 23.4. The molecule has 7 N–H and O–H groups in total. The topological polar surface area (TPSA) is 175 Å². The number of fused-ring (bicyclic) bond motifs is 1. The lowest BCUT2D eigenvalue weighted by Gasteiger charge is -2.23. The summed E-state index contributed by atoms with van der Waals surface area (Å²) in [5.74, 6) is -1.93. The van der Waals surface area contributed by atoms with Gasteiger partial charge in [0.2, 0.25) is 23.6 Å². The Kier molecular flexibility index (Phi) is 6.38. The molecule has 0 spiro atoms. The number of hydrogen-bond donors (Lipinski definition) is 6. The molecule has 1 aromatic carbocycles. The van der Waals surface area contributed by atoms with Gasteiger partial charge in [-0.2, -0.15) is 0 Å². The molecule has 0 saturated carbocycles. The summed E-state index contributed by atoms with van der Waals surface area (Å²) in [4.78, 5) is 59.3. The Hall–Kier alpha value is -4.15. The van der Waals surface area contributed by atoms with Crippen LogP contribution in [0.2, 0.25) is 0 Å².